The van der Waals surface area contributed by atoms with Gasteiger partial charge in [-0.1, -0.05) is 12.2 Å². The molecule has 0 saturated carbocycles. The molecule has 1 unspecified atom stereocenters. The summed E-state index contributed by atoms with van der Waals surface area (Å²) in [5, 5.41) is 2.13. The van der Waals surface area contributed by atoms with Gasteiger partial charge in [0.15, 0.2) is 0 Å². The Balaban J connectivity index is 2.99. The number of hydrogen-bond acceptors (Lipinski definition) is 4. The van der Waals surface area contributed by atoms with E-state index in [1.807, 2.05) is 6.92 Å². The van der Waals surface area contributed by atoms with Crippen LogP contribution in [0, 0.1) is 0 Å². The molecule has 0 aromatic rings. The third kappa shape index (κ3) is 3.40. The maximum absolute atomic E-state index is 12.3. The van der Waals surface area contributed by atoms with Crippen LogP contribution in [0.25, 0.3) is 0 Å². The van der Waals surface area contributed by atoms with Crippen molar-refractivity contribution in [3.63, 3.8) is 0 Å². The summed E-state index contributed by atoms with van der Waals surface area (Å²) in [6.45, 7) is 5.17. The van der Waals surface area contributed by atoms with E-state index in [0.29, 0.717) is 12.0 Å². The Labute approximate surface area is 117 Å². The zero-order valence-corrected chi connectivity index (χ0v) is 11.8. The summed E-state index contributed by atoms with van der Waals surface area (Å²) in [6.07, 6.45) is 4.15. The van der Waals surface area contributed by atoms with Gasteiger partial charge in [-0.15, -0.1) is 0 Å². The first-order valence-electron chi connectivity index (χ1n) is 6.34. The molecule has 1 aliphatic heterocycles. The van der Waals surface area contributed by atoms with Gasteiger partial charge in [0.1, 0.15) is 6.04 Å². The van der Waals surface area contributed by atoms with Crippen molar-refractivity contribution in [2.45, 2.75) is 39.7 Å². The lowest BCUT2D eigenvalue weighted by molar-refractivity contribution is -0.148. The number of carbonyl (C=O) groups excluding carboxylic acids is 4. The number of nitrogens with one attached hydrogen (secondary N) is 1. The van der Waals surface area contributed by atoms with E-state index in [1.54, 1.807) is 26.0 Å². The van der Waals surface area contributed by atoms with Crippen LogP contribution >= 0.6 is 0 Å². The van der Waals surface area contributed by atoms with Crippen molar-refractivity contribution in [2.75, 3.05) is 0 Å². The largest absolute Gasteiger partial charge is 0.295 e. The van der Waals surface area contributed by atoms with Crippen molar-refractivity contribution in [3.8, 4) is 0 Å². The number of carbonyl (C=O) groups is 4. The molecule has 0 spiro atoms. The zero-order valence-electron chi connectivity index (χ0n) is 11.8. The Morgan fingerprint density at radius 3 is 2.50 bits per heavy atom. The number of amides is 4. The van der Waals surface area contributed by atoms with Crippen molar-refractivity contribution in [1.29, 1.82) is 0 Å². The SMILES string of the molecule is C/C=C\C(C)=C(/C)C(=O)N(C=O)C1CCC(=O)NC1=O. The molecule has 6 nitrogen and oxygen atoms in total. The summed E-state index contributed by atoms with van der Waals surface area (Å²) in [5.41, 5.74) is 1.11. The number of nitrogens with zero attached hydrogens (tertiary/aromatic N) is 1. The first-order chi connectivity index (χ1) is 9.42. The highest BCUT2D eigenvalue weighted by Gasteiger charge is 2.34. The third-order valence-electron chi connectivity index (χ3n) is 3.22. The summed E-state index contributed by atoms with van der Waals surface area (Å²) in [4.78, 5) is 47.1. The van der Waals surface area contributed by atoms with E-state index in [2.05, 4.69) is 5.32 Å². The second-order valence-electron chi connectivity index (χ2n) is 4.59. The maximum atomic E-state index is 12.3. The zero-order chi connectivity index (χ0) is 15.3. The molecule has 1 aliphatic rings. The van der Waals surface area contributed by atoms with Crippen LogP contribution in [0.15, 0.2) is 23.3 Å². The van der Waals surface area contributed by atoms with Crippen LogP contribution in [0.4, 0.5) is 0 Å². The van der Waals surface area contributed by atoms with Gasteiger partial charge in [-0.25, -0.2) is 0 Å². The van der Waals surface area contributed by atoms with Crippen LogP contribution in [0.2, 0.25) is 0 Å². The molecule has 0 bridgehead atoms. The van der Waals surface area contributed by atoms with Crippen LogP contribution in [-0.4, -0.2) is 35.1 Å². The van der Waals surface area contributed by atoms with Crippen LogP contribution < -0.4 is 5.32 Å². The van der Waals surface area contributed by atoms with Crippen LogP contribution in [0.5, 0.6) is 0 Å². The lowest BCUT2D eigenvalue weighted by atomic mass is 10.0. The Morgan fingerprint density at radius 2 is 2.00 bits per heavy atom. The van der Waals surface area contributed by atoms with E-state index in [9.17, 15) is 19.2 Å². The van der Waals surface area contributed by atoms with Gasteiger partial charge in [0, 0.05) is 12.0 Å². The summed E-state index contributed by atoms with van der Waals surface area (Å²) in [6, 6.07) is -0.925. The van der Waals surface area contributed by atoms with E-state index < -0.39 is 17.9 Å². The van der Waals surface area contributed by atoms with E-state index >= 15 is 0 Å². The van der Waals surface area contributed by atoms with Crippen molar-refractivity contribution >= 4 is 24.1 Å². The first kappa shape index (κ1) is 15.8. The smallest absolute Gasteiger partial charge is 0.256 e. The fraction of sp³-hybridized carbons (Fsp3) is 0.429. The minimum Gasteiger partial charge on any atom is -0.295 e. The fourth-order valence-corrected chi connectivity index (χ4v) is 1.95. The molecule has 0 radical (unpaired) electrons. The van der Waals surface area contributed by atoms with Crippen molar-refractivity contribution in [3.05, 3.63) is 23.3 Å². The first-order valence-corrected chi connectivity index (χ1v) is 6.34. The van der Waals surface area contributed by atoms with Gasteiger partial charge in [0.2, 0.25) is 18.2 Å². The second-order valence-corrected chi connectivity index (χ2v) is 4.59. The van der Waals surface area contributed by atoms with Crippen molar-refractivity contribution in [2.24, 2.45) is 0 Å². The molecule has 108 valence electrons. The van der Waals surface area contributed by atoms with Gasteiger partial charge < -0.3 is 0 Å². The second kappa shape index (κ2) is 6.79. The van der Waals surface area contributed by atoms with Crippen LogP contribution in [0.3, 0.4) is 0 Å². The highest BCUT2D eigenvalue weighted by molar-refractivity contribution is 6.07. The molecule has 1 N–H and O–H groups in total. The minimum atomic E-state index is -0.925. The Hall–Kier alpha value is -2.24. The van der Waals surface area contributed by atoms with Crippen LogP contribution in [0.1, 0.15) is 33.6 Å². The van der Waals surface area contributed by atoms with Gasteiger partial charge in [-0.05, 0) is 32.8 Å². The molecule has 20 heavy (non-hydrogen) atoms. The predicted molar refractivity (Wildman–Crippen MR) is 72.3 cm³/mol. The Bertz CT molecular complexity index is 505. The molecule has 1 atom stereocenters. The fourth-order valence-electron chi connectivity index (χ4n) is 1.95. The quantitative estimate of drug-likeness (QED) is 0.355. The Kier molecular flexibility index (Phi) is 5.37. The molecule has 6 heteroatoms. The standard InChI is InChI=1S/C14H18N2O4/c1-4-5-9(2)10(3)14(20)16(8-17)11-6-7-12(18)15-13(11)19/h4-5,8,11H,6-7H2,1-3H3,(H,15,18,19)/b5-4-,10-9+. The van der Waals surface area contributed by atoms with E-state index in [-0.39, 0.29) is 18.7 Å². The summed E-state index contributed by atoms with van der Waals surface area (Å²) in [7, 11) is 0. The molecule has 0 aromatic carbocycles. The lowest BCUT2D eigenvalue weighted by Gasteiger charge is -2.28. The maximum Gasteiger partial charge on any atom is 0.256 e. The number of imide groups is 2. The van der Waals surface area contributed by atoms with Gasteiger partial charge in [0.05, 0.1) is 0 Å². The van der Waals surface area contributed by atoms with Gasteiger partial charge in [0.25, 0.3) is 5.91 Å². The van der Waals surface area contributed by atoms with Gasteiger partial charge in [-0.3, -0.25) is 29.4 Å². The molecule has 0 aliphatic carbocycles. The monoisotopic (exact) mass is 278 g/mol. The van der Waals surface area contributed by atoms with Crippen LogP contribution in [-0.2, 0) is 19.2 Å². The average molecular weight is 278 g/mol. The molecular formula is C14H18N2O4. The topological polar surface area (TPSA) is 83.6 Å². The van der Waals surface area contributed by atoms with Crippen molar-refractivity contribution < 1.29 is 19.2 Å². The van der Waals surface area contributed by atoms with E-state index in [0.717, 1.165) is 10.5 Å². The molecule has 4 amide bonds. The van der Waals surface area contributed by atoms with Crippen molar-refractivity contribution in [1.82, 2.24) is 10.2 Å². The van der Waals surface area contributed by atoms with Gasteiger partial charge in [-0.2, -0.15) is 0 Å². The number of rotatable bonds is 4. The normalized spacial score (nSPS) is 20.4. The number of hydrogen-bond donors (Lipinski definition) is 1. The predicted octanol–water partition coefficient (Wildman–Crippen LogP) is 0.689. The highest BCUT2D eigenvalue weighted by Crippen LogP contribution is 2.16. The molecule has 1 saturated heterocycles. The molecular weight excluding hydrogens is 260 g/mol. The molecule has 0 aromatic heterocycles. The van der Waals surface area contributed by atoms with E-state index in [4.69, 9.17) is 0 Å². The summed E-state index contributed by atoms with van der Waals surface area (Å²) in [5.74, 6) is -1.52. The summed E-state index contributed by atoms with van der Waals surface area (Å²) >= 11 is 0. The number of allylic oxidation sites excluding steroid dienone is 3. The minimum absolute atomic E-state index is 0.116. The summed E-state index contributed by atoms with van der Waals surface area (Å²) < 4.78 is 0. The lowest BCUT2D eigenvalue weighted by Crippen LogP contribution is -2.54. The third-order valence-corrected chi connectivity index (χ3v) is 3.22. The molecule has 1 fully saturated rings. The average Bonchev–Trinajstić information content (AvgIpc) is 2.41. The van der Waals surface area contributed by atoms with Gasteiger partial charge >= 0.3 is 0 Å². The Morgan fingerprint density at radius 1 is 1.35 bits per heavy atom. The number of piperidine rings is 1. The molecule has 1 rings (SSSR count). The highest BCUT2D eigenvalue weighted by atomic mass is 16.2. The van der Waals surface area contributed by atoms with E-state index in [1.165, 1.54) is 0 Å². The molecule has 1 heterocycles.